The lowest BCUT2D eigenvalue weighted by Crippen LogP contribution is -2.17. The molecule has 0 saturated carbocycles. The maximum Gasteiger partial charge on any atom is 0.435 e. The van der Waals surface area contributed by atoms with E-state index in [1.54, 1.807) is 0 Å². The second kappa shape index (κ2) is 4.89. The van der Waals surface area contributed by atoms with E-state index < -0.39 is 11.0 Å². The number of hydrogen-bond donors (Lipinski definition) is 2. The first-order valence-electron chi connectivity index (χ1n) is 3.65. The van der Waals surface area contributed by atoms with E-state index in [-0.39, 0.29) is 11.4 Å². The second-order valence-electron chi connectivity index (χ2n) is 2.38. The van der Waals surface area contributed by atoms with Crippen molar-refractivity contribution >= 4 is 37.4 Å². The standard InChI is InChI=1S/C7H6N2O4S2/c10-7(9(14)15)13-6-4-2-1-3-5(6)8(11)12/h1-4,14-15H. The van der Waals surface area contributed by atoms with Crippen molar-refractivity contribution < 1.29 is 14.5 Å². The molecule has 1 rings (SSSR count). The summed E-state index contributed by atoms with van der Waals surface area (Å²) in [5.74, 6) is -0.152. The number of nitro groups is 1. The highest BCUT2D eigenvalue weighted by Gasteiger charge is 2.18. The van der Waals surface area contributed by atoms with Crippen molar-refractivity contribution in [1.29, 1.82) is 0 Å². The van der Waals surface area contributed by atoms with Crippen LogP contribution in [0.25, 0.3) is 0 Å². The molecule has 6 nitrogen and oxygen atoms in total. The minimum Gasteiger partial charge on any atom is -0.402 e. The molecule has 0 spiro atoms. The smallest absolute Gasteiger partial charge is 0.402 e. The molecule has 0 aliphatic heterocycles. The van der Waals surface area contributed by atoms with Gasteiger partial charge in [0, 0.05) is 6.07 Å². The minimum atomic E-state index is -0.920. The highest BCUT2D eigenvalue weighted by Crippen LogP contribution is 2.26. The molecular weight excluding hydrogens is 240 g/mol. The van der Waals surface area contributed by atoms with Gasteiger partial charge in [-0.3, -0.25) is 10.1 Å². The van der Waals surface area contributed by atoms with Crippen LogP contribution < -0.4 is 4.74 Å². The van der Waals surface area contributed by atoms with Crippen LogP contribution in [-0.2, 0) is 0 Å². The molecule has 0 N–H and O–H groups in total. The number of benzene rings is 1. The van der Waals surface area contributed by atoms with Crippen LogP contribution in [0.15, 0.2) is 24.3 Å². The SMILES string of the molecule is O=C(Oc1ccccc1[N+](=O)[O-])N(S)S. The molecule has 0 aromatic heterocycles. The summed E-state index contributed by atoms with van der Waals surface area (Å²) in [5.41, 5.74) is -0.297. The maximum atomic E-state index is 11.0. The Balaban J connectivity index is 2.94. The second-order valence-corrected chi connectivity index (χ2v) is 3.50. The molecule has 0 aliphatic rings. The third kappa shape index (κ3) is 3.03. The van der Waals surface area contributed by atoms with Gasteiger partial charge in [-0.1, -0.05) is 12.1 Å². The molecule has 1 aromatic carbocycles. The zero-order chi connectivity index (χ0) is 11.4. The van der Waals surface area contributed by atoms with Crippen LogP contribution in [0.2, 0.25) is 0 Å². The summed E-state index contributed by atoms with van der Waals surface area (Å²) in [5, 5.41) is 10.5. The van der Waals surface area contributed by atoms with Crippen LogP contribution >= 0.6 is 25.6 Å². The summed E-state index contributed by atoms with van der Waals surface area (Å²) in [6, 6.07) is 5.51. The van der Waals surface area contributed by atoms with Crippen molar-refractivity contribution in [1.82, 2.24) is 3.71 Å². The van der Waals surface area contributed by atoms with Gasteiger partial charge in [-0.25, -0.2) is 4.79 Å². The minimum absolute atomic E-state index is 0.152. The Morgan fingerprint density at radius 3 is 2.53 bits per heavy atom. The molecule has 0 saturated heterocycles. The summed E-state index contributed by atoms with van der Waals surface area (Å²) in [7, 11) is 0. The molecule has 1 aromatic rings. The Morgan fingerprint density at radius 2 is 2.00 bits per heavy atom. The summed E-state index contributed by atoms with van der Waals surface area (Å²) in [4.78, 5) is 20.9. The molecule has 0 atom stereocenters. The summed E-state index contributed by atoms with van der Waals surface area (Å²) < 4.78 is 5.24. The van der Waals surface area contributed by atoms with Crippen LogP contribution in [0.1, 0.15) is 0 Å². The zero-order valence-corrected chi connectivity index (χ0v) is 9.02. The summed E-state index contributed by atoms with van der Waals surface area (Å²) >= 11 is 7.12. The van der Waals surface area contributed by atoms with Gasteiger partial charge in [0.2, 0.25) is 5.75 Å². The topological polar surface area (TPSA) is 72.7 Å². The van der Waals surface area contributed by atoms with Crippen LogP contribution in [0.3, 0.4) is 0 Å². The van der Waals surface area contributed by atoms with E-state index >= 15 is 0 Å². The van der Waals surface area contributed by atoms with Crippen molar-refractivity contribution in [2.75, 3.05) is 0 Å². The van der Waals surface area contributed by atoms with Crippen molar-refractivity contribution in [3.05, 3.63) is 34.4 Å². The first kappa shape index (κ1) is 11.7. The van der Waals surface area contributed by atoms with Crippen molar-refractivity contribution in [3.63, 3.8) is 0 Å². The molecule has 0 unspecified atom stereocenters. The maximum absolute atomic E-state index is 11.0. The van der Waals surface area contributed by atoms with Gasteiger partial charge in [-0.2, -0.15) is 3.71 Å². The molecular formula is C7H6N2O4S2. The Morgan fingerprint density at radius 1 is 1.40 bits per heavy atom. The van der Waals surface area contributed by atoms with Crippen LogP contribution in [-0.4, -0.2) is 14.7 Å². The Kier molecular flexibility index (Phi) is 3.81. The van der Waals surface area contributed by atoms with E-state index in [4.69, 9.17) is 0 Å². The number of thiol groups is 2. The number of ether oxygens (including phenoxy) is 1. The van der Waals surface area contributed by atoms with E-state index in [9.17, 15) is 14.9 Å². The third-order valence-corrected chi connectivity index (χ3v) is 1.75. The normalized spacial score (nSPS) is 9.47. The number of hydrogen-bond acceptors (Lipinski definition) is 6. The Hall–Kier alpha value is -1.41. The highest BCUT2D eigenvalue weighted by molar-refractivity contribution is 7.94. The van der Waals surface area contributed by atoms with E-state index in [1.165, 1.54) is 24.3 Å². The number of carbonyl (C=O) groups excluding carboxylic acids is 1. The van der Waals surface area contributed by atoms with E-state index in [1.807, 2.05) is 0 Å². The van der Waals surface area contributed by atoms with Gasteiger partial charge >= 0.3 is 11.8 Å². The fourth-order valence-corrected chi connectivity index (χ4v) is 0.911. The molecule has 0 fully saturated rings. The van der Waals surface area contributed by atoms with E-state index in [0.29, 0.717) is 3.71 Å². The fourth-order valence-electron chi connectivity index (χ4n) is 0.829. The monoisotopic (exact) mass is 246 g/mol. The van der Waals surface area contributed by atoms with Gasteiger partial charge in [0.15, 0.2) is 0 Å². The molecule has 8 heteroatoms. The molecule has 0 aliphatic carbocycles. The average Bonchev–Trinajstić information content (AvgIpc) is 2.18. The molecule has 80 valence electrons. The lowest BCUT2D eigenvalue weighted by molar-refractivity contribution is -0.385. The Bertz CT molecular complexity index is 396. The van der Waals surface area contributed by atoms with Crippen molar-refractivity contribution in [2.45, 2.75) is 0 Å². The number of nitro benzene ring substituents is 1. The number of nitrogens with zero attached hydrogens (tertiary/aromatic N) is 2. The van der Waals surface area contributed by atoms with Crippen molar-refractivity contribution in [3.8, 4) is 5.75 Å². The van der Waals surface area contributed by atoms with E-state index in [0.717, 1.165) is 0 Å². The van der Waals surface area contributed by atoms with Gasteiger partial charge in [0.05, 0.1) is 4.92 Å². The van der Waals surface area contributed by atoms with Gasteiger partial charge < -0.3 is 4.74 Å². The summed E-state index contributed by atoms with van der Waals surface area (Å²) in [6.45, 7) is 0. The zero-order valence-electron chi connectivity index (χ0n) is 7.23. The van der Waals surface area contributed by atoms with Crippen LogP contribution in [0.5, 0.6) is 5.75 Å². The average molecular weight is 246 g/mol. The molecule has 1 amide bonds. The summed E-state index contributed by atoms with van der Waals surface area (Å²) in [6.07, 6.45) is -0.920. The Labute approximate surface area is 96.1 Å². The highest BCUT2D eigenvalue weighted by atomic mass is 32.2. The molecule has 0 heterocycles. The molecule has 0 radical (unpaired) electrons. The third-order valence-electron chi connectivity index (χ3n) is 1.42. The predicted molar refractivity (Wildman–Crippen MR) is 58.9 cm³/mol. The first-order chi connectivity index (χ1) is 7.02. The van der Waals surface area contributed by atoms with Gasteiger partial charge in [-0.05, 0) is 31.7 Å². The number of amides is 1. The number of rotatable bonds is 2. The van der Waals surface area contributed by atoms with Gasteiger partial charge in [0.25, 0.3) is 0 Å². The van der Waals surface area contributed by atoms with Crippen LogP contribution in [0, 0.1) is 10.1 Å². The van der Waals surface area contributed by atoms with Crippen molar-refractivity contribution in [2.24, 2.45) is 0 Å². The fraction of sp³-hybridized carbons (Fsp3) is 0. The predicted octanol–water partition coefficient (Wildman–Crippen LogP) is 2.09. The van der Waals surface area contributed by atoms with E-state index in [2.05, 4.69) is 30.4 Å². The lowest BCUT2D eigenvalue weighted by Gasteiger charge is -2.07. The lowest BCUT2D eigenvalue weighted by atomic mass is 10.3. The quantitative estimate of drug-likeness (QED) is 0.476. The van der Waals surface area contributed by atoms with Gasteiger partial charge in [0.1, 0.15) is 0 Å². The largest absolute Gasteiger partial charge is 0.435 e. The molecule has 15 heavy (non-hydrogen) atoms. The number of para-hydroxylation sites is 2. The number of carbonyl (C=O) groups is 1. The van der Waals surface area contributed by atoms with Gasteiger partial charge in [-0.15, -0.1) is 0 Å². The van der Waals surface area contributed by atoms with Crippen LogP contribution in [0.4, 0.5) is 10.5 Å². The molecule has 0 bridgehead atoms. The first-order valence-corrected chi connectivity index (χ1v) is 4.45.